The third-order valence-corrected chi connectivity index (χ3v) is 3.49. The van der Waals surface area contributed by atoms with Gasteiger partial charge in [-0.1, -0.05) is 35.9 Å². The van der Waals surface area contributed by atoms with E-state index in [1.807, 2.05) is 31.2 Å². The number of hydrogen-bond acceptors (Lipinski definition) is 3. The lowest BCUT2D eigenvalue weighted by molar-refractivity contribution is -0.130. The van der Waals surface area contributed by atoms with Gasteiger partial charge in [0, 0.05) is 32.4 Å². The SMILES string of the molecule is Cc1cccc(CNC(=O)Nc2cccc(OCC(=O)N(C)C)c2)c1. The van der Waals surface area contributed by atoms with E-state index in [4.69, 9.17) is 4.74 Å². The summed E-state index contributed by atoms with van der Waals surface area (Å²) in [5.74, 6) is 0.390. The number of amides is 3. The molecule has 6 nitrogen and oxygen atoms in total. The number of nitrogens with one attached hydrogen (secondary N) is 2. The van der Waals surface area contributed by atoms with Crippen LogP contribution in [0.5, 0.6) is 5.75 Å². The molecular formula is C19H23N3O3. The number of aryl methyl sites for hydroxylation is 1. The van der Waals surface area contributed by atoms with Crippen molar-refractivity contribution >= 4 is 17.6 Å². The van der Waals surface area contributed by atoms with Crippen molar-refractivity contribution in [3.05, 3.63) is 59.7 Å². The Morgan fingerprint density at radius 3 is 2.56 bits per heavy atom. The molecule has 0 aliphatic rings. The topological polar surface area (TPSA) is 70.7 Å². The van der Waals surface area contributed by atoms with Gasteiger partial charge in [0.1, 0.15) is 5.75 Å². The van der Waals surface area contributed by atoms with E-state index in [0.717, 1.165) is 11.1 Å². The molecule has 6 heteroatoms. The Morgan fingerprint density at radius 1 is 1.08 bits per heavy atom. The number of likely N-dealkylation sites (N-methyl/N-ethyl adjacent to an activating group) is 1. The highest BCUT2D eigenvalue weighted by molar-refractivity contribution is 5.89. The fourth-order valence-electron chi connectivity index (χ4n) is 2.12. The Bertz CT molecular complexity index is 744. The molecule has 0 aromatic heterocycles. The summed E-state index contributed by atoms with van der Waals surface area (Å²) >= 11 is 0. The van der Waals surface area contributed by atoms with Gasteiger partial charge in [-0.25, -0.2) is 4.79 Å². The number of ether oxygens (including phenoxy) is 1. The quantitative estimate of drug-likeness (QED) is 0.849. The van der Waals surface area contributed by atoms with Crippen molar-refractivity contribution in [1.82, 2.24) is 10.2 Å². The highest BCUT2D eigenvalue weighted by atomic mass is 16.5. The molecule has 0 heterocycles. The van der Waals surface area contributed by atoms with Crippen molar-refractivity contribution in [3.63, 3.8) is 0 Å². The van der Waals surface area contributed by atoms with Crippen LogP contribution < -0.4 is 15.4 Å². The van der Waals surface area contributed by atoms with Crippen LogP contribution in [0.1, 0.15) is 11.1 Å². The summed E-state index contributed by atoms with van der Waals surface area (Å²) in [6.45, 7) is 2.41. The van der Waals surface area contributed by atoms with E-state index in [0.29, 0.717) is 18.0 Å². The standard InChI is InChI=1S/C19H23N3O3/c1-14-6-4-7-15(10-14)12-20-19(24)21-16-8-5-9-17(11-16)25-13-18(23)22(2)3/h4-11H,12-13H2,1-3H3,(H2,20,21,24). The van der Waals surface area contributed by atoms with Gasteiger partial charge in [0.2, 0.25) is 0 Å². The summed E-state index contributed by atoms with van der Waals surface area (Å²) in [5, 5.41) is 5.56. The van der Waals surface area contributed by atoms with Crippen LogP contribution >= 0.6 is 0 Å². The molecule has 132 valence electrons. The van der Waals surface area contributed by atoms with Crippen molar-refractivity contribution < 1.29 is 14.3 Å². The van der Waals surface area contributed by atoms with Crippen LogP contribution in [0.2, 0.25) is 0 Å². The average Bonchev–Trinajstić information content (AvgIpc) is 2.58. The number of urea groups is 1. The summed E-state index contributed by atoms with van der Waals surface area (Å²) in [7, 11) is 3.34. The van der Waals surface area contributed by atoms with Crippen LogP contribution in [0.4, 0.5) is 10.5 Å². The van der Waals surface area contributed by atoms with Gasteiger partial charge >= 0.3 is 6.03 Å². The minimum atomic E-state index is -0.303. The fraction of sp³-hybridized carbons (Fsp3) is 0.263. The van der Waals surface area contributed by atoms with Crippen LogP contribution in [0.25, 0.3) is 0 Å². The van der Waals surface area contributed by atoms with Gasteiger partial charge in [0.25, 0.3) is 5.91 Å². The first-order valence-corrected chi connectivity index (χ1v) is 7.97. The lowest BCUT2D eigenvalue weighted by Gasteiger charge is -2.12. The van der Waals surface area contributed by atoms with E-state index in [9.17, 15) is 9.59 Å². The molecule has 2 N–H and O–H groups in total. The zero-order chi connectivity index (χ0) is 18.2. The van der Waals surface area contributed by atoms with E-state index < -0.39 is 0 Å². The van der Waals surface area contributed by atoms with Gasteiger partial charge in [-0.2, -0.15) is 0 Å². The number of hydrogen-bond donors (Lipinski definition) is 2. The molecule has 25 heavy (non-hydrogen) atoms. The van der Waals surface area contributed by atoms with E-state index in [1.165, 1.54) is 4.90 Å². The average molecular weight is 341 g/mol. The second-order valence-electron chi connectivity index (χ2n) is 5.90. The lowest BCUT2D eigenvalue weighted by Crippen LogP contribution is -2.28. The third kappa shape index (κ3) is 6.18. The van der Waals surface area contributed by atoms with Crippen LogP contribution in [0.15, 0.2) is 48.5 Å². The molecule has 2 rings (SSSR count). The molecule has 2 aromatic carbocycles. The van der Waals surface area contributed by atoms with Crippen molar-refractivity contribution in [1.29, 1.82) is 0 Å². The van der Waals surface area contributed by atoms with Crippen LogP contribution in [-0.4, -0.2) is 37.5 Å². The van der Waals surface area contributed by atoms with Crippen molar-refractivity contribution in [3.8, 4) is 5.75 Å². The number of carbonyl (C=O) groups is 2. The normalized spacial score (nSPS) is 10.0. The summed E-state index contributed by atoms with van der Waals surface area (Å²) in [6, 6.07) is 14.6. The first kappa shape index (κ1) is 18.3. The lowest BCUT2D eigenvalue weighted by atomic mass is 10.1. The molecule has 0 atom stereocenters. The van der Waals surface area contributed by atoms with Crippen molar-refractivity contribution in [2.24, 2.45) is 0 Å². The molecule has 2 aromatic rings. The molecule has 0 aliphatic carbocycles. The van der Waals surface area contributed by atoms with Crippen LogP contribution in [0.3, 0.4) is 0 Å². The Kier molecular flexibility index (Phi) is 6.39. The Balaban J connectivity index is 1.86. The van der Waals surface area contributed by atoms with Crippen LogP contribution in [0, 0.1) is 6.92 Å². The van der Waals surface area contributed by atoms with E-state index >= 15 is 0 Å². The molecule has 0 aliphatic heterocycles. The Hall–Kier alpha value is -3.02. The molecule has 0 radical (unpaired) electrons. The predicted octanol–water partition coefficient (Wildman–Crippen LogP) is 2.78. The zero-order valence-corrected chi connectivity index (χ0v) is 14.7. The molecule has 0 fully saturated rings. The molecule has 0 unspecified atom stereocenters. The minimum Gasteiger partial charge on any atom is -0.484 e. The number of anilines is 1. The largest absolute Gasteiger partial charge is 0.484 e. The Labute approximate surface area is 147 Å². The molecule has 0 spiro atoms. The van der Waals surface area contributed by atoms with Gasteiger partial charge in [-0.3, -0.25) is 4.79 Å². The maximum Gasteiger partial charge on any atom is 0.319 e. The van der Waals surface area contributed by atoms with E-state index in [2.05, 4.69) is 10.6 Å². The molecular weight excluding hydrogens is 318 g/mol. The summed E-state index contributed by atoms with van der Waals surface area (Å²) in [5.41, 5.74) is 2.78. The molecule has 0 saturated carbocycles. The minimum absolute atomic E-state index is 0.0456. The zero-order valence-electron chi connectivity index (χ0n) is 14.7. The molecule has 0 bridgehead atoms. The number of nitrogens with zero attached hydrogens (tertiary/aromatic N) is 1. The second-order valence-corrected chi connectivity index (χ2v) is 5.90. The Morgan fingerprint density at radius 2 is 1.84 bits per heavy atom. The maximum absolute atomic E-state index is 12.0. The van der Waals surface area contributed by atoms with E-state index in [-0.39, 0.29) is 18.5 Å². The fourth-order valence-corrected chi connectivity index (χ4v) is 2.12. The number of rotatable bonds is 6. The van der Waals surface area contributed by atoms with Crippen molar-refractivity contribution in [2.75, 3.05) is 26.0 Å². The smallest absolute Gasteiger partial charge is 0.319 e. The second kappa shape index (κ2) is 8.73. The molecule has 0 saturated heterocycles. The van der Waals surface area contributed by atoms with Gasteiger partial charge in [0.15, 0.2) is 6.61 Å². The van der Waals surface area contributed by atoms with Gasteiger partial charge in [-0.05, 0) is 24.6 Å². The first-order valence-electron chi connectivity index (χ1n) is 7.97. The number of carbonyl (C=O) groups excluding carboxylic acids is 2. The summed E-state index contributed by atoms with van der Waals surface area (Å²) < 4.78 is 5.43. The highest BCUT2D eigenvalue weighted by Crippen LogP contribution is 2.17. The maximum atomic E-state index is 12.0. The first-order chi connectivity index (χ1) is 11.9. The van der Waals surface area contributed by atoms with Gasteiger partial charge < -0.3 is 20.3 Å². The summed E-state index contributed by atoms with van der Waals surface area (Å²) in [4.78, 5) is 25.0. The third-order valence-electron chi connectivity index (χ3n) is 3.49. The van der Waals surface area contributed by atoms with Gasteiger partial charge in [0.05, 0.1) is 0 Å². The van der Waals surface area contributed by atoms with Gasteiger partial charge in [-0.15, -0.1) is 0 Å². The summed E-state index contributed by atoms with van der Waals surface area (Å²) in [6.07, 6.45) is 0. The van der Waals surface area contributed by atoms with E-state index in [1.54, 1.807) is 38.4 Å². The monoisotopic (exact) mass is 341 g/mol. The predicted molar refractivity (Wildman–Crippen MR) is 97.7 cm³/mol. The molecule has 3 amide bonds. The highest BCUT2D eigenvalue weighted by Gasteiger charge is 2.06. The van der Waals surface area contributed by atoms with Crippen molar-refractivity contribution in [2.45, 2.75) is 13.5 Å². The number of benzene rings is 2. The van der Waals surface area contributed by atoms with Crippen LogP contribution in [-0.2, 0) is 11.3 Å².